The molecule has 1 aromatic carbocycles. The predicted molar refractivity (Wildman–Crippen MR) is 103 cm³/mol. The van der Waals surface area contributed by atoms with Crippen LogP contribution in [0.25, 0.3) is 0 Å². The van der Waals surface area contributed by atoms with Crippen LogP contribution in [0.3, 0.4) is 0 Å². The first-order valence-corrected chi connectivity index (χ1v) is 9.81. The fraction of sp³-hybridized carbons (Fsp3) is 0.600. The molecule has 142 valence electrons. The summed E-state index contributed by atoms with van der Waals surface area (Å²) < 4.78 is 0. The van der Waals surface area contributed by atoms with Crippen LogP contribution in [0.1, 0.15) is 32.1 Å². The highest BCUT2D eigenvalue weighted by molar-refractivity contribution is 5.89. The minimum Gasteiger partial charge on any atom is -0.355 e. The summed E-state index contributed by atoms with van der Waals surface area (Å²) in [5.74, 6) is 0.527. The molecule has 0 atom stereocenters. The van der Waals surface area contributed by atoms with E-state index in [2.05, 4.69) is 15.5 Å². The Balaban J connectivity index is 1.31. The van der Waals surface area contributed by atoms with Crippen LogP contribution in [0.5, 0.6) is 0 Å². The molecule has 0 unspecified atom stereocenters. The fourth-order valence-electron chi connectivity index (χ4n) is 3.76. The first-order valence-electron chi connectivity index (χ1n) is 9.81. The summed E-state index contributed by atoms with van der Waals surface area (Å²) >= 11 is 0. The van der Waals surface area contributed by atoms with E-state index in [0.717, 1.165) is 31.6 Å². The van der Waals surface area contributed by atoms with Crippen molar-refractivity contribution in [2.24, 2.45) is 5.92 Å². The van der Waals surface area contributed by atoms with Crippen LogP contribution in [0.4, 0.5) is 10.5 Å². The summed E-state index contributed by atoms with van der Waals surface area (Å²) in [5.41, 5.74) is 0.817. The average Bonchev–Trinajstić information content (AvgIpc) is 3.16. The third kappa shape index (κ3) is 5.73. The lowest BCUT2D eigenvalue weighted by Crippen LogP contribution is -2.42. The molecule has 0 bridgehead atoms. The number of nitrogens with zero attached hydrogens (tertiary/aromatic N) is 2. The molecule has 1 aromatic rings. The van der Waals surface area contributed by atoms with Crippen LogP contribution in [0.15, 0.2) is 30.3 Å². The summed E-state index contributed by atoms with van der Waals surface area (Å²) in [7, 11) is 0. The van der Waals surface area contributed by atoms with Crippen LogP contribution in [0, 0.1) is 5.92 Å². The van der Waals surface area contributed by atoms with Crippen molar-refractivity contribution in [2.75, 3.05) is 44.6 Å². The van der Waals surface area contributed by atoms with Gasteiger partial charge < -0.3 is 20.4 Å². The highest BCUT2D eigenvalue weighted by Crippen LogP contribution is 2.21. The number of para-hydroxylation sites is 1. The van der Waals surface area contributed by atoms with Crippen molar-refractivity contribution < 1.29 is 9.59 Å². The van der Waals surface area contributed by atoms with E-state index in [0.29, 0.717) is 25.4 Å². The van der Waals surface area contributed by atoms with Crippen molar-refractivity contribution in [3.05, 3.63) is 30.3 Å². The van der Waals surface area contributed by atoms with Gasteiger partial charge in [0, 0.05) is 38.3 Å². The van der Waals surface area contributed by atoms with E-state index < -0.39 is 0 Å². The monoisotopic (exact) mass is 358 g/mol. The Bertz CT molecular complexity index is 579. The number of hydrogen-bond acceptors (Lipinski definition) is 3. The highest BCUT2D eigenvalue weighted by atomic mass is 16.2. The SMILES string of the molecule is O=C(CC1CCN(C(=O)Nc2ccccc2)CC1)NCCN1CCCC1. The van der Waals surface area contributed by atoms with Gasteiger partial charge in [0.2, 0.25) is 5.91 Å². The number of amides is 3. The topological polar surface area (TPSA) is 64.7 Å². The lowest BCUT2D eigenvalue weighted by atomic mass is 9.93. The molecule has 2 N–H and O–H groups in total. The number of carbonyl (C=O) groups excluding carboxylic acids is 2. The zero-order valence-corrected chi connectivity index (χ0v) is 15.5. The van der Waals surface area contributed by atoms with Gasteiger partial charge in [-0.2, -0.15) is 0 Å². The second-order valence-corrected chi connectivity index (χ2v) is 7.33. The van der Waals surface area contributed by atoms with E-state index in [1.807, 2.05) is 35.2 Å². The molecule has 6 heteroatoms. The van der Waals surface area contributed by atoms with Gasteiger partial charge in [0.15, 0.2) is 0 Å². The summed E-state index contributed by atoms with van der Waals surface area (Å²) in [6.45, 7) is 5.47. The Hall–Kier alpha value is -2.08. The number of benzene rings is 1. The first-order chi connectivity index (χ1) is 12.7. The maximum absolute atomic E-state index is 12.3. The Morgan fingerprint density at radius 2 is 1.69 bits per heavy atom. The Morgan fingerprint density at radius 3 is 2.38 bits per heavy atom. The van der Waals surface area contributed by atoms with Crippen molar-refractivity contribution in [1.29, 1.82) is 0 Å². The van der Waals surface area contributed by atoms with Crippen LogP contribution in [-0.2, 0) is 4.79 Å². The van der Waals surface area contributed by atoms with E-state index >= 15 is 0 Å². The van der Waals surface area contributed by atoms with E-state index in [9.17, 15) is 9.59 Å². The average molecular weight is 358 g/mol. The predicted octanol–water partition coefficient (Wildman–Crippen LogP) is 2.53. The van der Waals surface area contributed by atoms with Gasteiger partial charge in [0.1, 0.15) is 0 Å². The number of hydrogen-bond donors (Lipinski definition) is 2. The molecule has 3 amide bonds. The smallest absolute Gasteiger partial charge is 0.321 e. The Morgan fingerprint density at radius 1 is 1.00 bits per heavy atom. The van der Waals surface area contributed by atoms with E-state index in [1.54, 1.807) is 0 Å². The standard InChI is InChI=1S/C20H30N4O2/c25-19(21-10-15-23-11-4-5-12-23)16-17-8-13-24(14-9-17)20(26)22-18-6-2-1-3-7-18/h1-3,6-7,17H,4-5,8-16H2,(H,21,25)(H,22,26). The second kappa shape index (κ2) is 9.57. The minimum absolute atomic E-state index is 0.0512. The van der Waals surface area contributed by atoms with Gasteiger partial charge in [-0.15, -0.1) is 0 Å². The fourth-order valence-corrected chi connectivity index (χ4v) is 3.76. The molecule has 0 saturated carbocycles. The molecule has 2 aliphatic rings. The number of carbonyl (C=O) groups is 2. The molecule has 3 rings (SSSR count). The number of anilines is 1. The summed E-state index contributed by atoms with van der Waals surface area (Å²) in [5, 5.41) is 5.97. The molecule has 0 aromatic heterocycles. The van der Waals surface area contributed by atoms with Crippen LogP contribution in [-0.4, -0.2) is 61.0 Å². The van der Waals surface area contributed by atoms with E-state index in [-0.39, 0.29) is 11.9 Å². The molecule has 0 radical (unpaired) electrons. The summed E-state index contributed by atoms with van der Waals surface area (Å²) in [6, 6.07) is 9.46. The molecule has 2 saturated heterocycles. The Kier molecular flexibility index (Phi) is 6.89. The third-order valence-corrected chi connectivity index (χ3v) is 5.35. The number of likely N-dealkylation sites (tertiary alicyclic amines) is 2. The molecule has 2 heterocycles. The molecule has 26 heavy (non-hydrogen) atoms. The minimum atomic E-state index is -0.0512. The molecule has 2 aliphatic heterocycles. The Labute approximate surface area is 155 Å². The number of piperidine rings is 1. The summed E-state index contributed by atoms with van der Waals surface area (Å²) in [4.78, 5) is 28.7. The zero-order valence-electron chi connectivity index (χ0n) is 15.5. The van der Waals surface area contributed by atoms with Gasteiger partial charge in [-0.1, -0.05) is 18.2 Å². The first kappa shape index (κ1) is 18.7. The maximum Gasteiger partial charge on any atom is 0.321 e. The maximum atomic E-state index is 12.3. The van der Waals surface area contributed by atoms with Crippen LogP contribution < -0.4 is 10.6 Å². The van der Waals surface area contributed by atoms with Crippen LogP contribution in [0.2, 0.25) is 0 Å². The largest absolute Gasteiger partial charge is 0.355 e. The molecular formula is C20H30N4O2. The number of nitrogens with one attached hydrogen (secondary N) is 2. The molecule has 6 nitrogen and oxygen atoms in total. The van der Waals surface area contributed by atoms with Gasteiger partial charge in [0.25, 0.3) is 0 Å². The molecule has 2 fully saturated rings. The van der Waals surface area contributed by atoms with E-state index in [4.69, 9.17) is 0 Å². The lowest BCUT2D eigenvalue weighted by Gasteiger charge is -2.31. The van der Waals surface area contributed by atoms with E-state index in [1.165, 1.54) is 25.9 Å². The van der Waals surface area contributed by atoms with Crippen molar-refractivity contribution in [2.45, 2.75) is 32.1 Å². The zero-order chi connectivity index (χ0) is 18.2. The van der Waals surface area contributed by atoms with Gasteiger partial charge in [-0.05, 0) is 56.8 Å². The third-order valence-electron chi connectivity index (χ3n) is 5.35. The quantitative estimate of drug-likeness (QED) is 0.821. The van der Waals surface area contributed by atoms with Crippen molar-refractivity contribution in [3.63, 3.8) is 0 Å². The molecular weight excluding hydrogens is 328 g/mol. The second-order valence-electron chi connectivity index (χ2n) is 7.33. The van der Waals surface area contributed by atoms with Crippen molar-refractivity contribution in [3.8, 4) is 0 Å². The van der Waals surface area contributed by atoms with Crippen LogP contribution >= 0.6 is 0 Å². The van der Waals surface area contributed by atoms with Crippen molar-refractivity contribution in [1.82, 2.24) is 15.1 Å². The molecule has 0 aliphatic carbocycles. The molecule has 0 spiro atoms. The summed E-state index contributed by atoms with van der Waals surface area (Å²) in [6.07, 6.45) is 4.92. The normalized spacial score (nSPS) is 18.7. The van der Waals surface area contributed by atoms with Crippen molar-refractivity contribution >= 4 is 17.6 Å². The van der Waals surface area contributed by atoms with Gasteiger partial charge in [-0.25, -0.2) is 4.79 Å². The van der Waals surface area contributed by atoms with Gasteiger partial charge in [0.05, 0.1) is 0 Å². The number of rotatable bonds is 6. The lowest BCUT2D eigenvalue weighted by molar-refractivity contribution is -0.122. The van der Waals surface area contributed by atoms with Gasteiger partial charge >= 0.3 is 6.03 Å². The highest BCUT2D eigenvalue weighted by Gasteiger charge is 2.24. The van der Waals surface area contributed by atoms with Gasteiger partial charge in [-0.3, -0.25) is 4.79 Å². The number of urea groups is 1.